The van der Waals surface area contributed by atoms with Crippen molar-refractivity contribution in [3.63, 3.8) is 0 Å². The van der Waals surface area contributed by atoms with Gasteiger partial charge in [-0.15, -0.1) is 0 Å². The number of sulfone groups is 1. The van der Waals surface area contributed by atoms with Crippen molar-refractivity contribution in [2.24, 2.45) is 0 Å². The lowest BCUT2D eigenvalue weighted by atomic mass is 10.3. The van der Waals surface area contributed by atoms with Crippen LogP contribution in [0.1, 0.15) is 6.92 Å². The molecule has 0 amide bonds. The molecule has 92 valence electrons. The Morgan fingerprint density at radius 3 is 2.44 bits per heavy atom. The Balaban J connectivity index is 2.39. The maximum Gasteiger partial charge on any atom is 0.334 e. The molecule has 0 unspecified atom stereocenters. The van der Waals surface area contributed by atoms with Crippen LogP contribution in [0.2, 0.25) is 0 Å². The van der Waals surface area contributed by atoms with Crippen LogP contribution in [0.15, 0.2) is 12.2 Å². The molecule has 5 nitrogen and oxygen atoms in total. The van der Waals surface area contributed by atoms with Gasteiger partial charge in [-0.25, -0.2) is 13.2 Å². The third kappa shape index (κ3) is 3.94. The average molecular weight is 247 g/mol. The van der Waals surface area contributed by atoms with Crippen LogP contribution in [0, 0.1) is 0 Å². The van der Waals surface area contributed by atoms with Gasteiger partial charge in [0.15, 0.2) is 9.84 Å². The van der Waals surface area contributed by atoms with Crippen LogP contribution in [0.4, 0.5) is 0 Å². The van der Waals surface area contributed by atoms with Crippen molar-refractivity contribution in [1.29, 1.82) is 0 Å². The van der Waals surface area contributed by atoms with Crippen molar-refractivity contribution >= 4 is 15.8 Å². The molecule has 0 aliphatic carbocycles. The average Bonchev–Trinajstić information content (AvgIpc) is 2.21. The molecule has 1 fully saturated rings. The van der Waals surface area contributed by atoms with Crippen molar-refractivity contribution in [1.82, 2.24) is 4.90 Å². The molecule has 0 N–H and O–H groups in total. The van der Waals surface area contributed by atoms with Gasteiger partial charge in [0.1, 0.15) is 0 Å². The van der Waals surface area contributed by atoms with E-state index in [2.05, 4.69) is 6.58 Å². The lowest BCUT2D eigenvalue weighted by Crippen LogP contribution is -2.41. The SMILES string of the molecule is C=C(CN1CCS(=O)(=O)CC1)C(=O)OCC. The number of ether oxygens (including phenoxy) is 1. The number of hydrogen-bond donors (Lipinski definition) is 0. The maximum atomic E-state index is 11.3. The molecule has 0 aromatic heterocycles. The molecule has 0 aromatic carbocycles. The smallest absolute Gasteiger partial charge is 0.334 e. The van der Waals surface area contributed by atoms with Gasteiger partial charge in [0.2, 0.25) is 0 Å². The van der Waals surface area contributed by atoms with E-state index < -0.39 is 15.8 Å². The van der Waals surface area contributed by atoms with Crippen LogP contribution in [0.3, 0.4) is 0 Å². The van der Waals surface area contributed by atoms with Gasteiger partial charge in [-0.05, 0) is 6.92 Å². The van der Waals surface area contributed by atoms with Crippen LogP contribution in [0.25, 0.3) is 0 Å². The third-order valence-electron chi connectivity index (χ3n) is 2.42. The molecule has 6 heteroatoms. The fourth-order valence-electron chi connectivity index (χ4n) is 1.48. The standard InChI is InChI=1S/C10H17NO4S/c1-3-15-10(12)9(2)8-11-4-6-16(13,14)7-5-11/h2-8H2,1H3. The number of carbonyl (C=O) groups excluding carboxylic acids is 1. The molecule has 0 atom stereocenters. The van der Waals surface area contributed by atoms with E-state index in [-0.39, 0.29) is 11.5 Å². The second kappa shape index (κ2) is 5.45. The summed E-state index contributed by atoms with van der Waals surface area (Å²) in [6.07, 6.45) is 0. The Hall–Kier alpha value is -0.880. The zero-order chi connectivity index (χ0) is 12.2. The molecule has 0 bridgehead atoms. The minimum absolute atomic E-state index is 0.156. The Kier molecular flexibility index (Phi) is 4.49. The summed E-state index contributed by atoms with van der Waals surface area (Å²) in [5, 5.41) is 0. The summed E-state index contributed by atoms with van der Waals surface area (Å²) in [5.74, 6) is -0.0948. The first-order valence-electron chi connectivity index (χ1n) is 5.22. The summed E-state index contributed by atoms with van der Waals surface area (Å²) in [6, 6.07) is 0. The zero-order valence-electron chi connectivity index (χ0n) is 9.44. The van der Waals surface area contributed by atoms with Crippen molar-refractivity contribution in [3.05, 3.63) is 12.2 Å². The van der Waals surface area contributed by atoms with Crippen molar-refractivity contribution in [2.75, 3.05) is 37.7 Å². The number of hydrogen-bond acceptors (Lipinski definition) is 5. The largest absolute Gasteiger partial charge is 0.463 e. The third-order valence-corrected chi connectivity index (χ3v) is 4.02. The highest BCUT2D eigenvalue weighted by molar-refractivity contribution is 7.91. The van der Waals surface area contributed by atoms with E-state index in [4.69, 9.17) is 4.74 Å². The molecule has 0 radical (unpaired) electrons. The molecule has 0 aromatic rings. The number of rotatable bonds is 4. The summed E-state index contributed by atoms with van der Waals surface area (Å²) in [6.45, 7) is 7.00. The minimum Gasteiger partial charge on any atom is -0.463 e. The Bertz CT molecular complexity index is 360. The topological polar surface area (TPSA) is 63.7 Å². The van der Waals surface area contributed by atoms with Crippen LogP contribution in [-0.4, -0.2) is 57.0 Å². The van der Waals surface area contributed by atoms with E-state index in [1.807, 2.05) is 4.90 Å². The highest BCUT2D eigenvalue weighted by Gasteiger charge is 2.23. The van der Waals surface area contributed by atoms with E-state index in [0.717, 1.165) is 0 Å². The van der Waals surface area contributed by atoms with Gasteiger partial charge in [-0.2, -0.15) is 0 Å². The molecule has 1 rings (SSSR count). The van der Waals surface area contributed by atoms with Gasteiger partial charge in [0.05, 0.1) is 18.1 Å². The highest BCUT2D eigenvalue weighted by Crippen LogP contribution is 2.06. The van der Waals surface area contributed by atoms with Gasteiger partial charge < -0.3 is 4.74 Å². The van der Waals surface area contributed by atoms with Crippen molar-refractivity contribution in [3.8, 4) is 0 Å². The first-order valence-corrected chi connectivity index (χ1v) is 7.04. The van der Waals surface area contributed by atoms with Crippen LogP contribution < -0.4 is 0 Å². The van der Waals surface area contributed by atoms with Gasteiger partial charge >= 0.3 is 5.97 Å². The molecular formula is C10H17NO4S. The predicted octanol–water partition coefficient (Wildman–Crippen LogP) is -0.164. The second-order valence-electron chi connectivity index (χ2n) is 3.75. The monoisotopic (exact) mass is 247 g/mol. The van der Waals surface area contributed by atoms with E-state index in [9.17, 15) is 13.2 Å². The number of carbonyl (C=O) groups is 1. The summed E-state index contributed by atoms with van der Waals surface area (Å²) in [4.78, 5) is 13.2. The molecule has 0 spiro atoms. The zero-order valence-corrected chi connectivity index (χ0v) is 10.3. The lowest BCUT2D eigenvalue weighted by Gasteiger charge is -2.26. The van der Waals surface area contributed by atoms with E-state index in [1.165, 1.54) is 0 Å². The number of esters is 1. The molecular weight excluding hydrogens is 230 g/mol. The fourth-order valence-corrected chi connectivity index (χ4v) is 2.75. The molecule has 1 aliphatic rings. The van der Waals surface area contributed by atoms with Gasteiger partial charge in [0.25, 0.3) is 0 Å². The van der Waals surface area contributed by atoms with Gasteiger partial charge in [-0.1, -0.05) is 6.58 Å². The summed E-state index contributed by atoms with van der Waals surface area (Å²) in [7, 11) is -2.87. The Labute approximate surface area is 96.0 Å². The highest BCUT2D eigenvalue weighted by atomic mass is 32.2. The molecule has 16 heavy (non-hydrogen) atoms. The second-order valence-corrected chi connectivity index (χ2v) is 6.06. The Morgan fingerprint density at radius 2 is 1.94 bits per heavy atom. The minimum atomic E-state index is -2.87. The fraction of sp³-hybridized carbons (Fsp3) is 0.700. The lowest BCUT2D eigenvalue weighted by molar-refractivity contribution is -0.138. The van der Waals surface area contributed by atoms with E-state index in [0.29, 0.717) is 31.8 Å². The van der Waals surface area contributed by atoms with Crippen LogP contribution in [-0.2, 0) is 19.4 Å². The summed E-state index contributed by atoms with van der Waals surface area (Å²) < 4.78 is 27.2. The maximum absolute atomic E-state index is 11.3. The van der Waals surface area contributed by atoms with Crippen LogP contribution in [0.5, 0.6) is 0 Å². The van der Waals surface area contributed by atoms with E-state index >= 15 is 0 Å². The van der Waals surface area contributed by atoms with Crippen LogP contribution >= 0.6 is 0 Å². The quantitative estimate of drug-likeness (QED) is 0.510. The van der Waals surface area contributed by atoms with Crippen molar-refractivity contribution in [2.45, 2.75) is 6.92 Å². The first kappa shape index (κ1) is 13.2. The molecule has 0 saturated carbocycles. The molecule has 1 heterocycles. The Morgan fingerprint density at radius 1 is 1.38 bits per heavy atom. The normalized spacial score (nSPS) is 20.3. The number of nitrogens with zero attached hydrogens (tertiary/aromatic N) is 1. The predicted molar refractivity (Wildman–Crippen MR) is 60.9 cm³/mol. The van der Waals surface area contributed by atoms with Crippen molar-refractivity contribution < 1.29 is 17.9 Å². The van der Waals surface area contributed by atoms with Gasteiger partial charge in [0, 0.05) is 25.2 Å². The molecule has 1 aliphatic heterocycles. The van der Waals surface area contributed by atoms with Gasteiger partial charge in [-0.3, -0.25) is 4.90 Å². The first-order chi connectivity index (χ1) is 7.44. The molecule has 1 saturated heterocycles. The summed E-state index contributed by atoms with van der Waals surface area (Å²) in [5.41, 5.74) is 0.376. The summed E-state index contributed by atoms with van der Waals surface area (Å²) >= 11 is 0. The van der Waals surface area contributed by atoms with E-state index in [1.54, 1.807) is 6.92 Å².